The third-order valence-electron chi connectivity index (χ3n) is 2.45. The van der Waals surface area contributed by atoms with Crippen LogP contribution in [0.15, 0.2) is 59.5 Å². The summed E-state index contributed by atoms with van der Waals surface area (Å²) < 4.78 is 23.6. The Labute approximate surface area is 128 Å². The van der Waals surface area contributed by atoms with Gasteiger partial charge in [0.2, 0.25) is 0 Å². The van der Waals surface area contributed by atoms with Crippen LogP contribution in [0.4, 0.5) is 0 Å². The van der Waals surface area contributed by atoms with Crippen LogP contribution < -0.4 is 4.52 Å². The number of nitrogens with zero attached hydrogens (tertiary/aromatic N) is 1. The predicted molar refractivity (Wildman–Crippen MR) is 83.3 cm³/mol. The van der Waals surface area contributed by atoms with Crippen LogP contribution in [0.3, 0.4) is 0 Å². The largest absolute Gasteiger partial charge is 0.444 e. The van der Waals surface area contributed by atoms with Crippen molar-refractivity contribution in [1.29, 1.82) is 5.26 Å². The number of nitriles is 1. The highest BCUT2D eigenvalue weighted by Crippen LogP contribution is 2.62. The topological polar surface area (TPSA) is 59.3 Å². The highest BCUT2D eigenvalue weighted by Gasteiger charge is 2.28. The van der Waals surface area contributed by atoms with E-state index in [9.17, 15) is 4.57 Å². The Kier molecular flexibility index (Phi) is 5.46. The molecule has 4 nitrogen and oxygen atoms in total. The van der Waals surface area contributed by atoms with Gasteiger partial charge in [-0.05, 0) is 43.3 Å². The maximum atomic E-state index is 12.8. The second kappa shape index (κ2) is 7.33. The fourth-order valence-corrected chi connectivity index (χ4v) is 4.92. The van der Waals surface area contributed by atoms with Gasteiger partial charge in [0, 0.05) is 16.3 Å². The molecule has 6 heteroatoms. The lowest BCUT2D eigenvalue weighted by Gasteiger charge is -2.17. The van der Waals surface area contributed by atoms with E-state index < -0.39 is 6.80 Å². The van der Waals surface area contributed by atoms with Gasteiger partial charge >= 0.3 is 6.80 Å². The highest BCUT2D eigenvalue weighted by molar-refractivity contribution is 8.55. The molecule has 0 fully saturated rings. The molecule has 1 atom stereocenters. The van der Waals surface area contributed by atoms with Crippen molar-refractivity contribution < 1.29 is 13.6 Å². The van der Waals surface area contributed by atoms with E-state index in [1.807, 2.05) is 36.4 Å². The lowest BCUT2D eigenvalue weighted by atomic mass is 10.2. The fourth-order valence-electron chi connectivity index (χ4n) is 1.56. The van der Waals surface area contributed by atoms with E-state index in [4.69, 9.17) is 14.3 Å². The molecule has 0 N–H and O–H groups in total. The summed E-state index contributed by atoms with van der Waals surface area (Å²) in [6, 6.07) is 17.8. The van der Waals surface area contributed by atoms with Gasteiger partial charge in [-0.1, -0.05) is 18.2 Å². The molecule has 2 aromatic rings. The molecule has 1 unspecified atom stereocenters. The minimum atomic E-state index is -3.35. The normalized spacial score (nSPS) is 13.1. The Hall–Kier alpha value is -1.73. The molecule has 0 spiro atoms. The Morgan fingerprint density at radius 3 is 2.38 bits per heavy atom. The van der Waals surface area contributed by atoms with Gasteiger partial charge in [0.1, 0.15) is 5.75 Å². The number of hydrogen-bond acceptors (Lipinski definition) is 5. The lowest BCUT2D eigenvalue weighted by Crippen LogP contribution is -1.95. The third-order valence-corrected chi connectivity index (χ3v) is 6.01. The zero-order valence-corrected chi connectivity index (χ0v) is 13.1. The van der Waals surface area contributed by atoms with Crippen molar-refractivity contribution >= 4 is 18.2 Å². The van der Waals surface area contributed by atoms with Crippen LogP contribution in [0, 0.1) is 11.3 Å². The van der Waals surface area contributed by atoms with Gasteiger partial charge in [-0.25, -0.2) is 4.57 Å². The van der Waals surface area contributed by atoms with Crippen LogP contribution in [-0.2, 0) is 9.09 Å². The van der Waals surface area contributed by atoms with Crippen LogP contribution in [0.1, 0.15) is 12.5 Å². The molecule has 0 amide bonds. The molecule has 0 heterocycles. The first-order chi connectivity index (χ1) is 10.1. The van der Waals surface area contributed by atoms with Crippen LogP contribution in [0.25, 0.3) is 0 Å². The van der Waals surface area contributed by atoms with Crippen LogP contribution >= 0.6 is 18.2 Å². The van der Waals surface area contributed by atoms with Crippen molar-refractivity contribution in [1.82, 2.24) is 0 Å². The van der Waals surface area contributed by atoms with Gasteiger partial charge in [0.15, 0.2) is 0 Å². The molecule has 0 aliphatic carbocycles. The van der Waals surface area contributed by atoms with Crippen molar-refractivity contribution in [3.05, 3.63) is 60.2 Å². The van der Waals surface area contributed by atoms with E-state index in [1.165, 1.54) is 0 Å². The lowest BCUT2D eigenvalue weighted by molar-refractivity contribution is 0.296. The smallest absolute Gasteiger partial charge is 0.417 e. The van der Waals surface area contributed by atoms with E-state index in [0.29, 0.717) is 11.3 Å². The monoisotopic (exact) mass is 319 g/mol. The molecular formula is C15H14NO3PS. The van der Waals surface area contributed by atoms with Gasteiger partial charge in [0.25, 0.3) is 0 Å². The summed E-state index contributed by atoms with van der Waals surface area (Å²) in [7, 11) is 0. The standard InChI is InChI=1S/C15H14NO3PS/c1-2-18-20(17,21-15-6-4-3-5-7-15)19-14-10-8-13(12-16)9-11-14/h3-11H,2H2,1H3. The van der Waals surface area contributed by atoms with E-state index in [2.05, 4.69) is 0 Å². The molecule has 0 radical (unpaired) electrons. The van der Waals surface area contributed by atoms with Gasteiger partial charge < -0.3 is 4.52 Å². The summed E-state index contributed by atoms with van der Waals surface area (Å²) in [5.74, 6) is 0.411. The molecule has 2 aromatic carbocycles. The molecule has 0 aliphatic rings. The summed E-state index contributed by atoms with van der Waals surface area (Å²) in [5.41, 5.74) is 0.518. The first-order valence-electron chi connectivity index (χ1n) is 6.34. The molecule has 0 saturated heterocycles. The zero-order valence-electron chi connectivity index (χ0n) is 11.4. The molecule has 2 rings (SSSR count). The van der Waals surface area contributed by atoms with E-state index in [0.717, 1.165) is 16.3 Å². The predicted octanol–water partition coefficient (Wildman–Crippen LogP) is 4.87. The SMILES string of the molecule is CCOP(=O)(Oc1ccc(C#N)cc1)Sc1ccccc1. The maximum absolute atomic E-state index is 12.8. The summed E-state index contributed by atoms with van der Waals surface area (Å²) in [6.07, 6.45) is 0. The summed E-state index contributed by atoms with van der Waals surface area (Å²) in [5, 5.41) is 8.77. The van der Waals surface area contributed by atoms with E-state index in [1.54, 1.807) is 31.2 Å². The summed E-state index contributed by atoms with van der Waals surface area (Å²) in [6.45, 7) is -1.30. The van der Waals surface area contributed by atoms with Crippen molar-refractivity contribution in [2.75, 3.05) is 6.61 Å². The fraction of sp³-hybridized carbons (Fsp3) is 0.133. The Morgan fingerprint density at radius 1 is 1.14 bits per heavy atom. The van der Waals surface area contributed by atoms with Crippen LogP contribution in [0.2, 0.25) is 0 Å². The Morgan fingerprint density at radius 2 is 1.81 bits per heavy atom. The van der Waals surface area contributed by atoms with Crippen molar-refractivity contribution in [3.63, 3.8) is 0 Å². The Bertz CT molecular complexity index is 668. The number of rotatable bonds is 6. The highest BCUT2D eigenvalue weighted by atomic mass is 32.7. The molecule has 21 heavy (non-hydrogen) atoms. The van der Waals surface area contributed by atoms with Gasteiger partial charge in [-0.15, -0.1) is 0 Å². The maximum Gasteiger partial charge on any atom is 0.444 e. The first kappa shape index (κ1) is 15.7. The molecule has 0 aliphatic heterocycles. The minimum Gasteiger partial charge on any atom is -0.417 e. The molecular weight excluding hydrogens is 305 g/mol. The zero-order chi connectivity index (χ0) is 15.1. The van der Waals surface area contributed by atoms with E-state index >= 15 is 0 Å². The van der Waals surface area contributed by atoms with E-state index in [-0.39, 0.29) is 6.61 Å². The van der Waals surface area contributed by atoms with Gasteiger partial charge in [-0.2, -0.15) is 5.26 Å². The molecule has 0 bridgehead atoms. The third kappa shape index (κ3) is 4.64. The molecule has 108 valence electrons. The van der Waals surface area contributed by atoms with Crippen LogP contribution in [0.5, 0.6) is 5.75 Å². The van der Waals surface area contributed by atoms with Crippen molar-refractivity contribution in [3.8, 4) is 11.8 Å². The number of hydrogen-bond donors (Lipinski definition) is 0. The molecule has 0 aromatic heterocycles. The van der Waals surface area contributed by atoms with Gasteiger partial charge in [-0.3, -0.25) is 4.52 Å². The summed E-state index contributed by atoms with van der Waals surface area (Å²) in [4.78, 5) is 0.808. The average molecular weight is 319 g/mol. The van der Waals surface area contributed by atoms with Gasteiger partial charge in [0.05, 0.1) is 18.2 Å². The second-order valence-corrected chi connectivity index (χ2v) is 7.88. The molecule has 0 saturated carbocycles. The number of benzene rings is 2. The van der Waals surface area contributed by atoms with Crippen molar-refractivity contribution in [2.24, 2.45) is 0 Å². The average Bonchev–Trinajstić information content (AvgIpc) is 2.49. The van der Waals surface area contributed by atoms with Crippen LogP contribution in [-0.4, -0.2) is 6.61 Å². The Balaban J connectivity index is 2.17. The quantitative estimate of drug-likeness (QED) is 0.711. The summed E-state index contributed by atoms with van der Waals surface area (Å²) >= 11 is 1.07. The second-order valence-electron chi connectivity index (χ2n) is 4.00. The first-order valence-corrected chi connectivity index (χ1v) is 9.30. The van der Waals surface area contributed by atoms with Crippen molar-refractivity contribution in [2.45, 2.75) is 11.8 Å². The minimum absolute atomic E-state index is 0.285.